The fourth-order valence-electron chi connectivity index (χ4n) is 5.95. The number of aromatic nitrogens is 1. The predicted octanol–water partition coefficient (Wildman–Crippen LogP) is 7.75. The van der Waals surface area contributed by atoms with E-state index in [-0.39, 0.29) is 23.6 Å². The molecule has 0 atom stereocenters. The van der Waals surface area contributed by atoms with Crippen LogP contribution in [0, 0.1) is 0 Å². The molecule has 1 N–H and O–H groups in total. The van der Waals surface area contributed by atoms with Crippen molar-refractivity contribution in [2.24, 2.45) is 7.05 Å². The number of nitrogens with zero attached hydrogens (tertiary/aromatic N) is 3. The van der Waals surface area contributed by atoms with E-state index in [1.807, 2.05) is 83.8 Å². The van der Waals surface area contributed by atoms with Gasteiger partial charge in [0.2, 0.25) is 5.91 Å². The second-order valence-corrected chi connectivity index (χ2v) is 13.8. The quantitative estimate of drug-likeness (QED) is 0.194. The zero-order valence-electron chi connectivity index (χ0n) is 29.1. The normalized spacial score (nSPS) is 12.0. The summed E-state index contributed by atoms with van der Waals surface area (Å²) in [6, 6.07) is 13.7. The highest BCUT2D eigenvalue weighted by Gasteiger charge is 2.26. The summed E-state index contributed by atoms with van der Waals surface area (Å²) in [4.78, 5) is 28.1. The monoisotopic (exact) mass is 638 g/mol. The van der Waals surface area contributed by atoms with Gasteiger partial charge in [-0.1, -0.05) is 70.9 Å². The van der Waals surface area contributed by atoms with Crippen molar-refractivity contribution in [3.8, 4) is 11.3 Å². The van der Waals surface area contributed by atoms with Crippen LogP contribution in [0.3, 0.4) is 0 Å². The van der Waals surface area contributed by atoms with Gasteiger partial charge in [0.15, 0.2) is 0 Å². The van der Waals surface area contributed by atoms with Crippen LogP contribution in [0.2, 0.25) is 0 Å². The van der Waals surface area contributed by atoms with Crippen LogP contribution < -0.4 is 4.72 Å². The van der Waals surface area contributed by atoms with E-state index in [1.165, 1.54) is 19.7 Å². The standard InChI is InChI=1S/C34H48N4O4S.C2H6/c1-10-14-26(15-11-2)32-29-20-18-27(34(40)35-43(41,42)36(7)8)22-30(29)37(9)33(32)28-17-13-12-16-25(28)19-21-31(39)38(23(3)4)24(5)6;1-2/h12-13,16-24,26H,10-11,14-15H2,1-9H3,(H,35,40);1-2H3/b21-19+;. The minimum atomic E-state index is -3.93. The van der Waals surface area contributed by atoms with Gasteiger partial charge in [-0.3, -0.25) is 9.59 Å². The molecule has 0 saturated carbocycles. The molecule has 9 heteroatoms. The van der Waals surface area contributed by atoms with Crippen LogP contribution in [-0.2, 0) is 22.1 Å². The average Bonchev–Trinajstić information content (AvgIpc) is 3.27. The maximum absolute atomic E-state index is 13.2. The number of fused-ring (bicyclic) bond motifs is 1. The van der Waals surface area contributed by atoms with Gasteiger partial charge in [-0.15, -0.1) is 0 Å². The number of carbonyl (C=O) groups is 2. The van der Waals surface area contributed by atoms with Gasteiger partial charge in [-0.2, -0.15) is 12.7 Å². The summed E-state index contributed by atoms with van der Waals surface area (Å²) in [6.45, 7) is 16.5. The molecule has 0 aliphatic carbocycles. The minimum Gasteiger partial charge on any atom is -0.343 e. The largest absolute Gasteiger partial charge is 0.343 e. The van der Waals surface area contributed by atoms with Crippen molar-refractivity contribution in [1.29, 1.82) is 0 Å². The zero-order valence-corrected chi connectivity index (χ0v) is 30.0. The van der Waals surface area contributed by atoms with Crippen LogP contribution >= 0.6 is 0 Å². The summed E-state index contributed by atoms with van der Waals surface area (Å²) in [5.41, 5.74) is 5.29. The van der Waals surface area contributed by atoms with Crippen molar-refractivity contribution < 1.29 is 18.0 Å². The molecular formula is C36H54N4O4S. The molecule has 1 aromatic heterocycles. The summed E-state index contributed by atoms with van der Waals surface area (Å²) < 4.78 is 29.9. The molecule has 3 aromatic rings. The summed E-state index contributed by atoms with van der Waals surface area (Å²) in [5, 5.41) is 1.04. The van der Waals surface area contributed by atoms with E-state index in [2.05, 4.69) is 29.2 Å². The fourth-order valence-corrected chi connectivity index (χ4v) is 6.49. The van der Waals surface area contributed by atoms with E-state index < -0.39 is 16.1 Å². The lowest BCUT2D eigenvalue weighted by molar-refractivity contribution is -0.129. The Morgan fingerprint density at radius 3 is 2.04 bits per heavy atom. The average molecular weight is 639 g/mol. The Labute approximate surface area is 271 Å². The van der Waals surface area contributed by atoms with E-state index in [0.29, 0.717) is 5.92 Å². The molecule has 0 fully saturated rings. The molecule has 0 radical (unpaired) electrons. The van der Waals surface area contributed by atoms with E-state index in [0.717, 1.165) is 57.7 Å². The fraction of sp³-hybridized carbons (Fsp3) is 0.500. The third kappa shape index (κ3) is 8.85. The van der Waals surface area contributed by atoms with E-state index in [9.17, 15) is 18.0 Å². The molecule has 1 heterocycles. The van der Waals surface area contributed by atoms with Gasteiger partial charge < -0.3 is 9.47 Å². The van der Waals surface area contributed by atoms with Crippen LogP contribution in [0.5, 0.6) is 0 Å². The second kappa shape index (κ2) is 16.8. The highest BCUT2D eigenvalue weighted by molar-refractivity contribution is 7.87. The third-order valence-corrected chi connectivity index (χ3v) is 9.28. The molecule has 2 aromatic carbocycles. The van der Waals surface area contributed by atoms with Gasteiger partial charge >= 0.3 is 10.2 Å². The van der Waals surface area contributed by atoms with Crippen molar-refractivity contribution >= 4 is 39.0 Å². The van der Waals surface area contributed by atoms with Crippen molar-refractivity contribution in [2.45, 2.75) is 99.1 Å². The van der Waals surface area contributed by atoms with E-state index in [1.54, 1.807) is 18.2 Å². The van der Waals surface area contributed by atoms with E-state index >= 15 is 0 Å². The maximum Gasteiger partial charge on any atom is 0.303 e. The summed E-state index contributed by atoms with van der Waals surface area (Å²) in [5.74, 6) is -0.422. The minimum absolute atomic E-state index is 0.0322. The van der Waals surface area contributed by atoms with Crippen LogP contribution in [-0.4, -0.2) is 60.2 Å². The predicted molar refractivity (Wildman–Crippen MR) is 188 cm³/mol. The molecule has 2 amide bonds. The summed E-state index contributed by atoms with van der Waals surface area (Å²) in [6.07, 6.45) is 7.63. The summed E-state index contributed by atoms with van der Waals surface area (Å²) >= 11 is 0. The lowest BCUT2D eigenvalue weighted by atomic mass is 9.86. The van der Waals surface area contributed by atoms with Crippen molar-refractivity contribution in [1.82, 2.24) is 18.5 Å². The topological polar surface area (TPSA) is 91.7 Å². The molecule has 0 bridgehead atoms. The van der Waals surface area contributed by atoms with Gasteiger partial charge in [-0.25, -0.2) is 4.72 Å². The first-order valence-electron chi connectivity index (χ1n) is 16.2. The molecule has 0 aliphatic rings. The maximum atomic E-state index is 13.2. The van der Waals surface area contributed by atoms with Crippen LogP contribution in [0.1, 0.15) is 108 Å². The Morgan fingerprint density at radius 2 is 1.51 bits per heavy atom. The number of aryl methyl sites for hydroxylation is 1. The lowest BCUT2D eigenvalue weighted by Crippen LogP contribution is -2.41. The first-order chi connectivity index (χ1) is 21.2. The number of hydrogen-bond acceptors (Lipinski definition) is 4. The van der Waals surface area contributed by atoms with Gasteiger partial charge in [0, 0.05) is 61.3 Å². The summed E-state index contributed by atoms with van der Waals surface area (Å²) in [7, 11) is 0.802. The number of nitrogens with one attached hydrogen (secondary N) is 1. The van der Waals surface area contributed by atoms with Gasteiger partial charge in [0.25, 0.3) is 5.91 Å². The first-order valence-corrected chi connectivity index (χ1v) is 17.7. The Morgan fingerprint density at radius 1 is 0.933 bits per heavy atom. The number of amides is 2. The molecule has 248 valence electrons. The van der Waals surface area contributed by atoms with Gasteiger partial charge in [0.1, 0.15) is 0 Å². The highest BCUT2D eigenvalue weighted by Crippen LogP contribution is 2.43. The molecule has 0 unspecified atom stereocenters. The van der Waals surface area contributed by atoms with Crippen LogP contribution in [0.15, 0.2) is 48.5 Å². The van der Waals surface area contributed by atoms with Crippen molar-refractivity contribution in [2.75, 3.05) is 14.1 Å². The number of rotatable bonds is 13. The smallest absolute Gasteiger partial charge is 0.303 e. The molecule has 0 spiro atoms. The molecule has 8 nitrogen and oxygen atoms in total. The number of benzene rings is 2. The van der Waals surface area contributed by atoms with Gasteiger partial charge in [-0.05, 0) is 75.8 Å². The van der Waals surface area contributed by atoms with E-state index in [4.69, 9.17) is 0 Å². The molecule has 3 rings (SSSR count). The lowest BCUT2D eigenvalue weighted by Gasteiger charge is -2.29. The highest BCUT2D eigenvalue weighted by atomic mass is 32.2. The Hall–Kier alpha value is -3.43. The molecule has 45 heavy (non-hydrogen) atoms. The first kappa shape index (κ1) is 37.8. The molecule has 0 saturated heterocycles. The zero-order chi connectivity index (χ0) is 34.1. The number of carbonyl (C=O) groups excluding carboxylic acids is 2. The SMILES string of the molecule is CC.CCCC(CCC)c1c(-c2ccccc2/C=C/C(=O)N(C(C)C)C(C)C)n(C)c2cc(C(=O)NS(=O)(=O)N(C)C)ccc12. The van der Waals surface area contributed by atoms with Gasteiger partial charge in [0.05, 0.1) is 5.69 Å². The third-order valence-electron chi connectivity index (χ3n) is 7.88. The Kier molecular flexibility index (Phi) is 14.1. The van der Waals surface area contributed by atoms with Crippen LogP contribution in [0.25, 0.3) is 28.2 Å². The molecular weight excluding hydrogens is 584 g/mol. The van der Waals surface area contributed by atoms with Crippen molar-refractivity contribution in [3.63, 3.8) is 0 Å². The number of hydrogen-bond donors (Lipinski definition) is 1. The molecule has 0 aliphatic heterocycles. The van der Waals surface area contributed by atoms with Crippen molar-refractivity contribution in [3.05, 3.63) is 65.2 Å². The van der Waals surface area contributed by atoms with Crippen LogP contribution in [0.4, 0.5) is 0 Å². The second-order valence-electron chi connectivity index (χ2n) is 11.9. The Bertz CT molecular complexity index is 1570. The Balaban J connectivity index is 0.00000345.